The highest BCUT2D eigenvalue weighted by molar-refractivity contribution is 8.01. The molecule has 3 N–H and O–H groups in total. The third kappa shape index (κ3) is 1.55. The molecular weight excluding hydrogens is 184 g/mol. The van der Waals surface area contributed by atoms with E-state index in [2.05, 4.69) is 5.43 Å². The Kier molecular flexibility index (Phi) is 2.24. The number of hydrogen-bond acceptors (Lipinski definition) is 3. The number of fused-ring (bicyclic) bond motifs is 1. The lowest BCUT2D eigenvalue weighted by molar-refractivity contribution is -0.120. The maximum Gasteiger partial charge on any atom is 0.247 e. The van der Waals surface area contributed by atoms with Crippen molar-refractivity contribution in [2.75, 3.05) is 0 Å². The first kappa shape index (κ1) is 8.59. The molecule has 13 heavy (non-hydrogen) atoms. The van der Waals surface area contributed by atoms with Crippen LogP contribution in [0.5, 0.6) is 0 Å². The van der Waals surface area contributed by atoms with E-state index in [4.69, 9.17) is 5.84 Å². The van der Waals surface area contributed by atoms with E-state index < -0.39 is 0 Å². The molecule has 1 heterocycles. The van der Waals surface area contributed by atoms with Crippen molar-refractivity contribution in [1.82, 2.24) is 5.43 Å². The molecule has 3 nitrogen and oxygen atoms in total. The molecule has 1 atom stereocenters. The zero-order valence-electron chi connectivity index (χ0n) is 6.99. The highest BCUT2D eigenvalue weighted by Crippen LogP contribution is 2.36. The monoisotopic (exact) mass is 194 g/mol. The normalized spacial score (nSPS) is 19.6. The fourth-order valence-electron chi connectivity index (χ4n) is 1.42. The van der Waals surface area contributed by atoms with Gasteiger partial charge in [-0.2, -0.15) is 0 Å². The molecular formula is C9H10N2OS. The van der Waals surface area contributed by atoms with E-state index in [0.29, 0.717) is 0 Å². The van der Waals surface area contributed by atoms with Gasteiger partial charge in [0.25, 0.3) is 0 Å². The van der Waals surface area contributed by atoms with Crippen molar-refractivity contribution < 1.29 is 4.79 Å². The summed E-state index contributed by atoms with van der Waals surface area (Å²) in [7, 11) is 0. The summed E-state index contributed by atoms with van der Waals surface area (Å²) in [6, 6.07) is 8.05. The van der Waals surface area contributed by atoms with Crippen LogP contribution >= 0.6 is 11.8 Å². The molecule has 0 saturated carbocycles. The number of thioether (sulfide) groups is 1. The van der Waals surface area contributed by atoms with Crippen LogP contribution in [0, 0.1) is 0 Å². The van der Waals surface area contributed by atoms with Crippen molar-refractivity contribution in [3.63, 3.8) is 0 Å². The van der Waals surface area contributed by atoms with Crippen LogP contribution < -0.4 is 11.3 Å². The summed E-state index contributed by atoms with van der Waals surface area (Å²) in [4.78, 5) is 12.4. The Hall–Kier alpha value is -1.00. The molecule has 0 saturated heterocycles. The molecule has 0 fully saturated rings. The topological polar surface area (TPSA) is 55.1 Å². The molecule has 0 bridgehead atoms. The first-order valence-corrected chi connectivity index (χ1v) is 4.94. The molecule has 4 heteroatoms. The summed E-state index contributed by atoms with van der Waals surface area (Å²) in [5.74, 6) is 4.98. The Labute approximate surface area is 80.7 Å². The third-order valence-corrected chi connectivity index (χ3v) is 3.40. The van der Waals surface area contributed by atoms with Crippen LogP contribution in [0.4, 0.5) is 0 Å². The van der Waals surface area contributed by atoms with Crippen molar-refractivity contribution in [3.8, 4) is 0 Å². The summed E-state index contributed by atoms with van der Waals surface area (Å²) >= 11 is 1.58. The number of amides is 1. The molecule has 68 valence electrons. The molecule has 1 aliphatic rings. The van der Waals surface area contributed by atoms with Crippen molar-refractivity contribution in [2.45, 2.75) is 16.6 Å². The number of carbonyl (C=O) groups is 1. The van der Waals surface area contributed by atoms with Crippen LogP contribution in [-0.4, -0.2) is 11.2 Å². The average Bonchev–Trinajstić information content (AvgIpc) is 2.59. The van der Waals surface area contributed by atoms with Gasteiger partial charge >= 0.3 is 0 Å². The standard InChI is InChI=1S/C9H10N2OS/c10-11-9(12)8-5-6-3-1-2-4-7(6)13-8/h1-4,8H,5,10H2,(H,11,12)/t8-/m0/s1. The van der Waals surface area contributed by atoms with E-state index in [1.807, 2.05) is 24.3 Å². The minimum Gasteiger partial charge on any atom is -0.293 e. The van der Waals surface area contributed by atoms with Gasteiger partial charge in [0.15, 0.2) is 0 Å². The summed E-state index contributed by atoms with van der Waals surface area (Å²) in [5.41, 5.74) is 3.42. The maximum absolute atomic E-state index is 11.2. The first-order valence-electron chi connectivity index (χ1n) is 4.06. The summed E-state index contributed by atoms with van der Waals surface area (Å²) in [6.45, 7) is 0. The Morgan fingerprint density at radius 1 is 1.54 bits per heavy atom. The Bertz CT molecular complexity index is 315. The number of rotatable bonds is 1. The number of hydrazine groups is 1. The molecule has 1 aromatic carbocycles. The predicted molar refractivity (Wildman–Crippen MR) is 52.1 cm³/mol. The molecule has 0 aliphatic carbocycles. The van der Waals surface area contributed by atoms with Gasteiger partial charge in [-0.15, -0.1) is 11.8 Å². The van der Waals surface area contributed by atoms with E-state index in [0.717, 1.165) is 6.42 Å². The molecule has 0 aromatic heterocycles. The quantitative estimate of drug-likeness (QED) is 0.393. The van der Waals surface area contributed by atoms with Gasteiger partial charge in [0.2, 0.25) is 5.91 Å². The molecule has 0 unspecified atom stereocenters. The lowest BCUT2D eigenvalue weighted by Crippen LogP contribution is -2.37. The van der Waals surface area contributed by atoms with Crippen LogP contribution in [0.15, 0.2) is 29.2 Å². The van der Waals surface area contributed by atoms with Gasteiger partial charge in [0, 0.05) is 4.90 Å². The predicted octanol–water partition coefficient (Wildman–Crippen LogP) is 0.693. The summed E-state index contributed by atoms with van der Waals surface area (Å²) < 4.78 is 0. The second-order valence-electron chi connectivity index (χ2n) is 2.93. The molecule has 1 aliphatic heterocycles. The van der Waals surface area contributed by atoms with E-state index >= 15 is 0 Å². The van der Waals surface area contributed by atoms with Gasteiger partial charge in [-0.05, 0) is 18.1 Å². The lowest BCUT2D eigenvalue weighted by atomic mass is 10.1. The molecule has 2 rings (SSSR count). The van der Waals surface area contributed by atoms with Crippen LogP contribution in [0.2, 0.25) is 0 Å². The summed E-state index contributed by atoms with van der Waals surface area (Å²) in [5, 5.41) is -0.0533. The number of benzene rings is 1. The fraction of sp³-hybridized carbons (Fsp3) is 0.222. The van der Waals surface area contributed by atoms with Gasteiger partial charge in [-0.25, -0.2) is 5.84 Å². The van der Waals surface area contributed by atoms with E-state index in [1.165, 1.54) is 10.5 Å². The van der Waals surface area contributed by atoms with Crippen molar-refractivity contribution >= 4 is 17.7 Å². The Balaban J connectivity index is 2.18. The highest BCUT2D eigenvalue weighted by atomic mass is 32.2. The van der Waals surface area contributed by atoms with Crippen molar-refractivity contribution in [3.05, 3.63) is 29.8 Å². The van der Waals surface area contributed by atoms with Gasteiger partial charge in [0.1, 0.15) is 0 Å². The second-order valence-corrected chi connectivity index (χ2v) is 4.17. The molecule has 0 radical (unpaired) electrons. The molecule has 0 spiro atoms. The number of nitrogens with two attached hydrogens (primary N) is 1. The highest BCUT2D eigenvalue weighted by Gasteiger charge is 2.27. The largest absolute Gasteiger partial charge is 0.293 e. The van der Waals surface area contributed by atoms with Gasteiger partial charge in [-0.3, -0.25) is 10.2 Å². The Morgan fingerprint density at radius 2 is 2.31 bits per heavy atom. The molecule has 1 amide bonds. The van der Waals surface area contributed by atoms with E-state index in [9.17, 15) is 4.79 Å². The third-order valence-electron chi connectivity index (χ3n) is 2.08. The zero-order chi connectivity index (χ0) is 9.26. The minimum atomic E-state index is -0.0961. The number of carbonyl (C=O) groups excluding carboxylic acids is 1. The first-order chi connectivity index (χ1) is 6.31. The fourth-order valence-corrected chi connectivity index (χ4v) is 2.63. The van der Waals surface area contributed by atoms with Gasteiger partial charge in [0.05, 0.1) is 5.25 Å². The minimum absolute atomic E-state index is 0.0533. The van der Waals surface area contributed by atoms with Gasteiger partial charge in [-0.1, -0.05) is 18.2 Å². The second kappa shape index (κ2) is 3.40. The van der Waals surface area contributed by atoms with Crippen LogP contribution in [-0.2, 0) is 11.2 Å². The van der Waals surface area contributed by atoms with Crippen LogP contribution in [0.3, 0.4) is 0 Å². The average molecular weight is 194 g/mol. The van der Waals surface area contributed by atoms with Crippen molar-refractivity contribution in [1.29, 1.82) is 0 Å². The maximum atomic E-state index is 11.2. The van der Waals surface area contributed by atoms with Crippen molar-refractivity contribution in [2.24, 2.45) is 5.84 Å². The zero-order valence-corrected chi connectivity index (χ0v) is 7.80. The van der Waals surface area contributed by atoms with Crippen LogP contribution in [0.25, 0.3) is 0 Å². The SMILES string of the molecule is NNC(=O)[C@@H]1Cc2ccccc2S1. The van der Waals surface area contributed by atoms with Gasteiger partial charge < -0.3 is 0 Å². The number of hydrogen-bond donors (Lipinski definition) is 2. The van der Waals surface area contributed by atoms with Crippen LogP contribution in [0.1, 0.15) is 5.56 Å². The van der Waals surface area contributed by atoms with E-state index in [-0.39, 0.29) is 11.2 Å². The van der Waals surface area contributed by atoms with E-state index in [1.54, 1.807) is 11.8 Å². The lowest BCUT2D eigenvalue weighted by Gasteiger charge is -2.04. The summed E-state index contributed by atoms with van der Waals surface area (Å²) in [6.07, 6.45) is 0.782. The number of nitrogens with one attached hydrogen (secondary N) is 1. The molecule has 1 aromatic rings. The Morgan fingerprint density at radius 3 is 3.00 bits per heavy atom. The smallest absolute Gasteiger partial charge is 0.247 e.